The Balaban J connectivity index is 2.04. The number of hydrogen-bond acceptors (Lipinski definition) is 2. The molecule has 2 unspecified atom stereocenters. The summed E-state index contributed by atoms with van der Waals surface area (Å²) in [5, 5.41) is 3.05. The van der Waals surface area contributed by atoms with Gasteiger partial charge >= 0.3 is 0 Å². The van der Waals surface area contributed by atoms with Crippen molar-refractivity contribution in [2.45, 2.75) is 52.6 Å². The second-order valence-electron chi connectivity index (χ2n) is 7.19. The number of likely N-dealkylation sites (tertiary alicyclic amines) is 1. The van der Waals surface area contributed by atoms with E-state index in [-0.39, 0.29) is 23.9 Å². The molecule has 2 rings (SSSR count). The molecule has 1 heterocycles. The molecule has 0 spiro atoms. The smallest absolute Gasteiger partial charge is 0.243 e. The lowest BCUT2D eigenvalue weighted by molar-refractivity contribution is -0.144. The maximum absolute atomic E-state index is 12.6. The molecule has 1 aromatic carbocycles. The molecule has 1 saturated heterocycles. The third-order valence-corrected chi connectivity index (χ3v) is 4.72. The molecule has 126 valence electrons. The third-order valence-electron chi connectivity index (χ3n) is 4.19. The van der Waals surface area contributed by atoms with Crippen LogP contribution in [0.4, 0.5) is 0 Å². The van der Waals surface area contributed by atoms with Crippen molar-refractivity contribution in [3.8, 4) is 0 Å². The number of nitrogens with one attached hydrogen (secondary N) is 1. The predicted molar refractivity (Wildman–Crippen MR) is 94.9 cm³/mol. The molecule has 0 aromatic heterocycles. The van der Waals surface area contributed by atoms with E-state index in [1.165, 1.54) is 0 Å². The molecular formula is C18H25BrN2O2. The van der Waals surface area contributed by atoms with Crippen LogP contribution in [0.15, 0.2) is 28.7 Å². The highest BCUT2D eigenvalue weighted by Crippen LogP contribution is 2.26. The predicted octanol–water partition coefficient (Wildman–Crippen LogP) is 3.66. The summed E-state index contributed by atoms with van der Waals surface area (Å²) in [5.74, 6) is -0.0121. The van der Waals surface area contributed by atoms with Gasteiger partial charge in [0.2, 0.25) is 11.8 Å². The second kappa shape index (κ2) is 7.04. The van der Waals surface area contributed by atoms with Crippen molar-refractivity contribution in [3.63, 3.8) is 0 Å². The zero-order valence-electron chi connectivity index (χ0n) is 14.2. The molecule has 1 aromatic rings. The average Bonchev–Trinajstić information content (AvgIpc) is 2.95. The molecule has 2 atom stereocenters. The van der Waals surface area contributed by atoms with E-state index in [9.17, 15) is 9.59 Å². The first-order valence-corrected chi connectivity index (χ1v) is 8.86. The standard InChI is InChI=1S/C18H25BrN2O2/c1-12(13-7-9-14(19)10-8-13)20-16(22)15-6-5-11-21(15)17(23)18(2,3)4/h7-10,12,15H,5-6,11H2,1-4H3,(H,20,22). The van der Waals surface area contributed by atoms with E-state index in [4.69, 9.17) is 0 Å². The highest BCUT2D eigenvalue weighted by Gasteiger charge is 2.38. The summed E-state index contributed by atoms with van der Waals surface area (Å²) in [4.78, 5) is 26.9. The summed E-state index contributed by atoms with van der Waals surface area (Å²) in [7, 11) is 0. The number of carbonyl (C=O) groups is 2. The molecule has 2 amide bonds. The second-order valence-corrected chi connectivity index (χ2v) is 8.10. The molecular weight excluding hydrogens is 356 g/mol. The van der Waals surface area contributed by atoms with Crippen LogP contribution in [0, 0.1) is 5.41 Å². The van der Waals surface area contributed by atoms with Gasteiger partial charge in [0, 0.05) is 16.4 Å². The summed E-state index contributed by atoms with van der Waals surface area (Å²) in [6, 6.07) is 7.47. The molecule has 1 aliphatic rings. The van der Waals surface area contributed by atoms with E-state index in [0.717, 1.165) is 22.9 Å². The summed E-state index contributed by atoms with van der Waals surface area (Å²) >= 11 is 3.41. The van der Waals surface area contributed by atoms with Crippen LogP contribution in [0.5, 0.6) is 0 Å². The minimum absolute atomic E-state index is 0.0476. The van der Waals surface area contributed by atoms with E-state index in [1.807, 2.05) is 52.0 Å². The summed E-state index contributed by atoms with van der Waals surface area (Å²) in [6.45, 7) is 8.32. The molecule has 0 saturated carbocycles. The van der Waals surface area contributed by atoms with E-state index in [1.54, 1.807) is 4.90 Å². The van der Waals surface area contributed by atoms with Gasteiger partial charge in [0.25, 0.3) is 0 Å². The van der Waals surface area contributed by atoms with Crippen molar-refractivity contribution in [1.82, 2.24) is 10.2 Å². The van der Waals surface area contributed by atoms with Gasteiger partial charge < -0.3 is 10.2 Å². The fourth-order valence-electron chi connectivity index (χ4n) is 2.86. The normalized spacial score (nSPS) is 19.5. The van der Waals surface area contributed by atoms with Gasteiger partial charge in [-0.05, 0) is 37.5 Å². The zero-order chi connectivity index (χ0) is 17.2. The fraction of sp³-hybridized carbons (Fsp3) is 0.556. The van der Waals surface area contributed by atoms with Crippen molar-refractivity contribution in [2.75, 3.05) is 6.54 Å². The van der Waals surface area contributed by atoms with Crippen molar-refractivity contribution in [2.24, 2.45) is 5.41 Å². The van der Waals surface area contributed by atoms with Gasteiger partial charge in [0.05, 0.1) is 6.04 Å². The number of halogens is 1. The third kappa shape index (κ3) is 4.34. The lowest BCUT2D eigenvalue weighted by Gasteiger charge is -2.31. The van der Waals surface area contributed by atoms with E-state index in [0.29, 0.717) is 6.54 Å². The largest absolute Gasteiger partial charge is 0.348 e. The Kier molecular flexibility index (Phi) is 5.50. The highest BCUT2D eigenvalue weighted by molar-refractivity contribution is 9.10. The molecule has 0 bridgehead atoms. The fourth-order valence-corrected chi connectivity index (χ4v) is 3.12. The van der Waals surface area contributed by atoms with Crippen LogP contribution in [0.25, 0.3) is 0 Å². The van der Waals surface area contributed by atoms with Gasteiger partial charge in [0.1, 0.15) is 6.04 Å². The zero-order valence-corrected chi connectivity index (χ0v) is 15.8. The van der Waals surface area contributed by atoms with E-state index >= 15 is 0 Å². The van der Waals surface area contributed by atoms with Crippen molar-refractivity contribution in [1.29, 1.82) is 0 Å². The number of amides is 2. The summed E-state index contributed by atoms with van der Waals surface area (Å²) in [5.41, 5.74) is 0.591. The van der Waals surface area contributed by atoms with Gasteiger partial charge in [-0.2, -0.15) is 0 Å². The average molecular weight is 381 g/mol. The Morgan fingerprint density at radius 1 is 1.26 bits per heavy atom. The van der Waals surface area contributed by atoms with Gasteiger partial charge in [-0.1, -0.05) is 48.8 Å². The first-order chi connectivity index (χ1) is 10.7. The lowest BCUT2D eigenvalue weighted by Crippen LogP contribution is -2.49. The number of nitrogens with zero attached hydrogens (tertiary/aromatic N) is 1. The van der Waals surface area contributed by atoms with Crippen molar-refractivity contribution in [3.05, 3.63) is 34.3 Å². The number of benzene rings is 1. The monoisotopic (exact) mass is 380 g/mol. The summed E-state index contributed by atoms with van der Waals surface area (Å²) in [6.07, 6.45) is 1.62. The number of rotatable bonds is 3. The Hall–Kier alpha value is -1.36. The first kappa shape index (κ1) is 18.0. The lowest BCUT2D eigenvalue weighted by atomic mass is 9.94. The molecule has 0 radical (unpaired) electrons. The minimum atomic E-state index is -0.458. The molecule has 1 fully saturated rings. The van der Waals surface area contributed by atoms with Gasteiger partial charge in [-0.25, -0.2) is 0 Å². The van der Waals surface area contributed by atoms with Gasteiger partial charge in [0.15, 0.2) is 0 Å². The Morgan fingerprint density at radius 3 is 2.43 bits per heavy atom. The maximum Gasteiger partial charge on any atom is 0.243 e. The van der Waals surface area contributed by atoms with Crippen molar-refractivity contribution >= 4 is 27.7 Å². The van der Waals surface area contributed by atoms with Crippen LogP contribution in [0.2, 0.25) is 0 Å². The quantitative estimate of drug-likeness (QED) is 0.869. The number of carbonyl (C=O) groups excluding carboxylic acids is 2. The maximum atomic E-state index is 12.6. The van der Waals surface area contributed by atoms with Crippen LogP contribution in [-0.4, -0.2) is 29.3 Å². The minimum Gasteiger partial charge on any atom is -0.348 e. The molecule has 0 aliphatic carbocycles. The van der Waals surface area contributed by atoms with Gasteiger partial charge in [-0.3, -0.25) is 9.59 Å². The molecule has 1 aliphatic heterocycles. The van der Waals surface area contributed by atoms with Crippen LogP contribution in [0.1, 0.15) is 52.1 Å². The van der Waals surface area contributed by atoms with Crippen molar-refractivity contribution < 1.29 is 9.59 Å². The van der Waals surface area contributed by atoms with Gasteiger partial charge in [-0.15, -0.1) is 0 Å². The summed E-state index contributed by atoms with van der Waals surface area (Å²) < 4.78 is 1.01. The molecule has 23 heavy (non-hydrogen) atoms. The molecule has 5 heteroatoms. The Labute approximate surface area is 146 Å². The van der Waals surface area contributed by atoms with Crippen LogP contribution in [-0.2, 0) is 9.59 Å². The Bertz CT molecular complexity index is 578. The first-order valence-electron chi connectivity index (χ1n) is 8.07. The SMILES string of the molecule is CC(NC(=O)C1CCCN1C(=O)C(C)(C)C)c1ccc(Br)cc1. The van der Waals surface area contributed by atoms with Crippen LogP contribution >= 0.6 is 15.9 Å². The highest BCUT2D eigenvalue weighted by atomic mass is 79.9. The van der Waals surface area contributed by atoms with Crippen LogP contribution < -0.4 is 5.32 Å². The molecule has 4 nitrogen and oxygen atoms in total. The van der Waals surface area contributed by atoms with Crippen LogP contribution in [0.3, 0.4) is 0 Å². The Morgan fingerprint density at radius 2 is 1.87 bits per heavy atom. The number of hydrogen-bond donors (Lipinski definition) is 1. The van der Waals surface area contributed by atoms with E-state index < -0.39 is 5.41 Å². The molecule has 1 N–H and O–H groups in total. The topological polar surface area (TPSA) is 49.4 Å². The van der Waals surface area contributed by atoms with E-state index in [2.05, 4.69) is 21.2 Å².